The zero-order valence-corrected chi connectivity index (χ0v) is 43.6. The summed E-state index contributed by atoms with van der Waals surface area (Å²) in [6.07, 6.45) is 9.83. The van der Waals surface area contributed by atoms with Gasteiger partial charge in [0.25, 0.3) is 11.7 Å². The van der Waals surface area contributed by atoms with E-state index in [1.165, 1.54) is 22.9 Å². The number of esters is 1. The number of cyclic esters (lactones) is 1. The van der Waals surface area contributed by atoms with E-state index in [4.69, 9.17) is 23.7 Å². The fraction of sp³-hybridized carbons (Fsp3) is 0.679. The first kappa shape index (κ1) is 55.1. The van der Waals surface area contributed by atoms with Crippen LogP contribution >= 0.6 is 0 Å². The maximum atomic E-state index is 14.7. The third-order valence-corrected chi connectivity index (χ3v) is 16.0. The lowest BCUT2D eigenvalue weighted by atomic mass is 9.80. The minimum Gasteiger partial charge on any atom is -0.456 e. The third-order valence-electron chi connectivity index (χ3n) is 16.0. The maximum Gasteiger partial charge on any atom is 0.329 e. The highest BCUT2D eigenvalue weighted by Gasteiger charge is 2.56. The number of Topliss-reactive ketones (excluding diaryl/α,β-unsaturated/α-hetero) is 2. The second-order valence-electron chi connectivity index (χ2n) is 21.1. The zero-order chi connectivity index (χ0) is 51.0. The number of anilines is 1. The van der Waals surface area contributed by atoms with Gasteiger partial charge < -0.3 is 48.3 Å². The van der Waals surface area contributed by atoms with Gasteiger partial charge in [-0.25, -0.2) is 4.79 Å². The molecule has 14 unspecified atom stereocenters. The molecule has 3 aliphatic heterocycles. The molecule has 388 valence electrons. The van der Waals surface area contributed by atoms with Crippen molar-refractivity contribution in [3.8, 4) is 0 Å². The molecule has 14 nitrogen and oxygen atoms in total. The number of methoxy groups -OCH3 is 3. The second-order valence-corrected chi connectivity index (χ2v) is 21.1. The standard InChI is InChI=1S/C56H83N3O11/c1-12-16-41-27-34(3)26-35(4)28-49(67-10)52-50(68-11)30-37(6)56(65,70-52)53(62)54(63)59-24-15-14-17-45(59)55(64)69-51(38(7)46(60)33-47(41)61)36(5)29-39-18-20-44(48(31-39)66-9)57(8)42-19-21-43-40(32-42)22-25-58(43)23-13-2/h12,19,21-22,25,27,29,32,35,37-39,41,44-46,48-52,60,65H,1,13-18,20,23-24,26,28,30-31,33H2,2-11H3/b34-27+,36-29?. The van der Waals surface area contributed by atoms with Crippen LogP contribution in [0.3, 0.4) is 0 Å². The van der Waals surface area contributed by atoms with E-state index in [0.717, 1.165) is 37.1 Å². The highest BCUT2D eigenvalue weighted by Crippen LogP contribution is 2.40. The van der Waals surface area contributed by atoms with Gasteiger partial charge >= 0.3 is 5.97 Å². The molecule has 1 saturated carbocycles. The molecule has 70 heavy (non-hydrogen) atoms. The fourth-order valence-electron chi connectivity index (χ4n) is 11.9. The first-order valence-corrected chi connectivity index (χ1v) is 25.9. The Hall–Kier alpha value is -4.18. The Kier molecular flexibility index (Phi) is 19.3. The number of piperidine rings is 1. The van der Waals surface area contributed by atoms with Crippen LogP contribution in [-0.2, 0) is 49.4 Å². The molecule has 2 saturated heterocycles. The molecule has 2 N–H and O–H groups in total. The summed E-state index contributed by atoms with van der Waals surface area (Å²) in [5, 5.41) is 25.4. The van der Waals surface area contributed by atoms with Crippen LogP contribution in [0.4, 0.5) is 5.69 Å². The van der Waals surface area contributed by atoms with Crippen LogP contribution < -0.4 is 4.90 Å². The number of likely N-dealkylation sites (N-methyl/N-ethyl adjacent to an activating group) is 1. The van der Waals surface area contributed by atoms with Gasteiger partial charge in [0.2, 0.25) is 5.79 Å². The summed E-state index contributed by atoms with van der Waals surface area (Å²) in [6, 6.07) is 7.74. The number of fused-ring (bicyclic) bond motifs is 4. The summed E-state index contributed by atoms with van der Waals surface area (Å²) >= 11 is 0. The molecular weight excluding hydrogens is 891 g/mol. The van der Waals surface area contributed by atoms with Gasteiger partial charge in [0.05, 0.1) is 30.5 Å². The predicted octanol–water partition coefficient (Wildman–Crippen LogP) is 8.15. The van der Waals surface area contributed by atoms with Gasteiger partial charge in [0.15, 0.2) is 0 Å². The molecule has 1 aliphatic carbocycles. The number of rotatable bonds is 11. The molecule has 2 aromatic rings. The smallest absolute Gasteiger partial charge is 0.329 e. The van der Waals surface area contributed by atoms with Crippen LogP contribution in [-0.4, -0.2) is 133 Å². The first-order chi connectivity index (χ1) is 33.4. The molecule has 14 heteroatoms. The number of aliphatic hydroxyl groups is 2. The number of ether oxygens (including phenoxy) is 5. The number of allylic oxidation sites excluding steroid dienone is 4. The van der Waals surface area contributed by atoms with Gasteiger partial charge in [0.1, 0.15) is 24.0 Å². The Labute approximate surface area is 416 Å². The largest absolute Gasteiger partial charge is 0.456 e. The van der Waals surface area contributed by atoms with Crippen molar-refractivity contribution in [2.75, 3.05) is 39.8 Å². The lowest BCUT2D eigenvalue weighted by Gasteiger charge is -2.47. The Morgan fingerprint density at radius 2 is 1.67 bits per heavy atom. The normalized spacial score (nSPS) is 35.6. The summed E-state index contributed by atoms with van der Waals surface area (Å²) in [4.78, 5) is 61.2. The molecule has 1 aromatic carbocycles. The van der Waals surface area contributed by atoms with Crippen LogP contribution in [0.25, 0.3) is 10.9 Å². The minimum absolute atomic E-state index is 0.00775. The van der Waals surface area contributed by atoms with Gasteiger partial charge in [-0.3, -0.25) is 14.4 Å². The minimum atomic E-state index is -2.52. The number of hydrogen-bond donors (Lipinski definition) is 2. The molecule has 4 aliphatic rings. The molecular formula is C56H83N3O11. The lowest BCUT2D eigenvalue weighted by Crippen LogP contribution is -2.64. The van der Waals surface area contributed by atoms with Crippen molar-refractivity contribution in [2.45, 2.75) is 180 Å². The van der Waals surface area contributed by atoms with Crippen LogP contribution in [0.15, 0.2) is 66.4 Å². The van der Waals surface area contributed by atoms with Crippen LogP contribution in [0.5, 0.6) is 0 Å². The highest BCUT2D eigenvalue weighted by molar-refractivity contribution is 6.39. The number of aromatic nitrogens is 1. The molecule has 3 fully saturated rings. The van der Waals surface area contributed by atoms with Crippen molar-refractivity contribution in [3.05, 3.63) is 66.4 Å². The Morgan fingerprint density at radius 1 is 0.957 bits per heavy atom. The van der Waals surface area contributed by atoms with Crippen molar-refractivity contribution in [1.82, 2.24) is 9.47 Å². The third kappa shape index (κ3) is 12.3. The summed E-state index contributed by atoms with van der Waals surface area (Å²) in [6.45, 7) is 16.5. The van der Waals surface area contributed by atoms with E-state index in [1.807, 2.05) is 19.9 Å². The molecule has 1 amide bonds. The van der Waals surface area contributed by atoms with E-state index in [0.29, 0.717) is 44.1 Å². The van der Waals surface area contributed by atoms with Gasteiger partial charge in [-0.2, -0.15) is 0 Å². The first-order valence-electron chi connectivity index (χ1n) is 25.9. The van der Waals surface area contributed by atoms with E-state index in [2.05, 4.69) is 73.5 Å². The average molecular weight is 974 g/mol. The fourth-order valence-corrected chi connectivity index (χ4v) is 11.9. The number of nitrogens with zero attached hydrogens (tertiary/aromatic N) is 3. The van der Waals surface area contributed by atoms with Gasteiger partial charge in [-0.1, -0.05) is 51.5 Å². The topological polar surface area (TPSA) is 166 Å². The van der Waals surface area contributed by atoms with E-state index in [9.17, 15) is 29.4 Å². The summed E-state index contributed by atoms with van der Waals surface area (Å²) in [5.41, 5.74) is 4.01. The van der Waals surface area contributed by atoms with Crippen molar-refractivity contribution in [3.63, 3.8) is 0 Å². The number of ketones is 2. The van der Waals surface area contributed by atoms with E-state index in [1.54, 1.807) is 34.1 Å². The number of aryl methyl sites for hydroxylation is 1. The van der Waals surface area contributed by atoms with Crippen molar-refractivity contribution in [2.24, 2.45) is 29.6 Å². The Bertz CT molecular complexity index is 2200. The van der Waals surface area contributed by atoms with E-state index >= 15 is 0 Å². The number of benzene rings is 1. The molecule has 4 heterocycles. The molecule has 0 spiro atoms. The summed E-state index contributed by atoms with van der Waals surface area (Å²) in [7, 11) is 6.95. The van der Waals surface area contributed by atoms with E-state index < -0.39 is 77.8 Å². The van der Waals surface area contributed by atoms with Crippen molar-refractivity contribution >= 4 is 40.0 Å². The lowest BCUT2D eigenvalue weighted by molar-refractivity contribution is -0.302. The summed E-state index contributed by atoms with van der Waals surface area (Å²) < 4.78 is 33.1. The molecule has 14 atom stereocenters. The number of amides is 1. The quantitative estimate of drug-likeness (QED) is 0.126. The number of hydrogen-bond acceptors (Lipinski definition) is 12. The Balaban J connectivity index is 1.31. The second kappa shape index (κ2) is 24.5. The highest BCUT2D eigenvalue weighted by atomic mass is 16.7. The molecule has 2 bridgehead atoms. The van der Waals surface area contributed by atoms with Gasteiger partial charge in [-0.15, -0.1) is 6.58 Å². The molecule has 1 aromatic heterocycles. The number of carbonyl (C=O) groups excluding carboxylic acids is 4. The summed E-state index contributed by atoms with van der Waals surface area (Å²) in [5.74, 6) is -7.64. The number of carbonyl (C=O) groups is 4. The predicted molar refractivity (Wildman–Crippen MR) is 271 cm³/mol. The zero-order valence-electron chi connectivity index (χ0n) is 43.6. The van der Waals surface area contributed by atoms with E-state index in [-0.39, 0.29) is 55.6 Å². The Morgan fingerprint density at radius 3 is 2.36 bits per heavy atom. The maximum absolute atomic E-state index is 14.7. The number of aliphatic hydroxyl groups excluding tert-OH is 1. The van der Waals surface area contributed by atoms with Gasteiger partial charge in [-0.05, 0) is 126 Å². The molecule has 6 rings (SSSR count). The van der Waals surface area contributed by atoms with Crippen molar-refractivity contribution in [1.29, 1.82) is 0 Å². The van der Waals surface area contributed by atoms with Crippen LogP contribution in [0.1, 0.15) is 119 Å². The van der Waals surface area contributed by atoms with Gasteiger partial charge in [0, 0.05) is 88.4 Å². The molecule has 0 radical (unpaired) electrons. The van der Waals surface area contributed by atoms with Crippen LogP contribution in [0, 0.1) is 29.6 Å². The monoisotopic (exact) mass is 974 g/mol. The average Bonchev–Trinajstić information content (AvgIpc) is 3.75. The van der Waals surface area contributed by atoms with Crippen molar-refractivity contribution < 1.29 is 53.1 Å². The van der Waals surface area contributed by atoms with Crippen LogP contribution in [0.2, 0.25) is 0 Å². The SMILES string of the molecule is C=CCC1/C=C(\C)CC(C)CC(OC)C2OC(O)(C(=O)C(=O)N3CCCCC3C(=O)OC(C(C)=CC3CCC(N(C)c4ccc5c(ccn5CCC)c4)C(OC)C3)C(C)C(O)CC1=O)C(C)CC2OC.